The van der Waals surface area contributed by atoms with Crippen LogP contribution in [0.4, 0.5) is 11.4 Å². The zero-order valence-electron chi connectivity index (χ0n) is 16.7. The Morgan fingerprint density at radius 1 is 1.13 bits per heavy atom. The van der Waals surface area contributed by atoms with Gasteiger partial charge in [0.1, 0.15) is 24.9 Å². The summed E-state index contributed by atoms with van der Waals surface area (Å²) in [6.07, 6.45) is 1.42. The van der Waals surface area contributed by atoms with Gasteiger partial charge in [0.2, 0.25) is 0 Å². The number of benzene rings is 2. The van der Waals surface area contributed by atoms with Crippen LogP contribution in [0.25, 0.3) is 6.08 Å². The quantitative estimate of drug-likeness (QED) is 0.446. The van der Waals surface area contributed by atoms with Crippen molar-refractivity contribution in [1.29, 1.82) is 5.26 Å². The van der Waals surface area contributed by atoms with Gasteiger partial charge in [0.25, 0.3) is 5.91 Å². The highest BCUT2D eigenvalue weighted by molar-refractivity contribution is 6.00. The Kier molecular flexibility index (Phi) is 6.55. The number of anilines is 2. The van der Waals surface area contributed by atoms with Crippen LogP contribution in [0.15, 0.2) is 48.0 Å². The lowest BCUT2D eigenvalue weighted by atomic mass is 10.1. The lowest BCUT2D eigenvalue weighted by Crippen LogP contribution is -2.21. The molecule has 0 aromatic heterocycles. The van der Waals surface area contributed by atoms with Crippen molar-refractivity contribution in [2.24, 2.45) is 0 Å². The molecule has 0 fully saturated rings. The fourth-order valence-corrected chi connectivity index (χ4v) is 2.70. The van der Waals surface area contributed by atoms with Gasteiger partial charge in [0.05, 0.1) is 0 Å². The van der Waals surface area contributed by atoms with Crippen molar-refractivity contribution >= 4 is 29.3 Å². The summed E-state index contributed by atoms with van der Waals surface area (Å²) < 4.78 is 15.9. The van der Waals surface area contributed by atoms with Crippen LogP contribution in [0.5, 0.6) is 11.5 Å². The summed E-state index contributed by atoms with van der Waals surface area (Å²) in [4.78, 5) is 26.2. The van der Waals surface area contributed by atoms with Gasteiger partial charge in [-0.1, -0.05) is 12.1 Å². The molecule has 1 aliphatic heterocycles. The van der Waals surface area contributed by atoms with E-state index in [1.165, 1.54) is 6.08 Å². The minimum atomic E-state index is -0.869. The van der Waals surface area contributed by atoms with Crippen LogP contribution in [0.3, 0.4) is 0 Å². The zero-order valence-corrected chi connectivity index (χ0v) is 16.7. The van der Waals surface area contributed by atoms with E-state index >= 15 is 0 Å². The van der Waals surface area contributed by atoms with E-state index in [0.29, 0.717) is 36.0 Å². The van der Waals surface area contributed by atoms with Crippen LogP contribution >= 0.6 is 0 Å². The summed E-state index contributed by atoms with van der Waals surface area (Å²) in [5, 5.41) is 11.9. The van der Waals surface area contributed by atoms with E-state index in [9.17, 15) is 14.9 Å². The molecule has 8 nitrogen and oxygen atoms in total. The van der Waals surface area contributed by atoms with Crippen molar-refractivity contribution in [1.82, 2.24) is 0 Å². The van der Waals surface area contributed by atoms with Gasteiger partial charge < -0.3 is 24.4 Å². The number of ether oxygens (including phenoxy) is 3. The lowest BCUT2D eigenvalue weighted by Gasteiger charge is -2.19. The van der Waals surface area contributed by atoms with Gasteiger partial charge in [0.15, 0.2) is 18.1 Å². The zero-order chi connectivity index (χ0) is 21.5. The minimum Gasteiger partial charge on any atom is -0.486 e. The molecular formula is C22H21N3O5. The Labute approximate surface area is 174 Å². The van der Waals surface area contributed by atoms with E-state index in [1.807, 2.05) is 37.2 Å². The van der Waals surface area contributed by atoms with Crippen molar-refractivity contribution in [3.8, 4) is 17.6 Å². The minimum absolute atomic E-state index is 0.195. The summed E-state index contributed by atoms with van der Waals surface area (Å²) in [7, 11) is 3.83. The standard InChI is InChI=1S/C22H21N3O5/c1-25(2)18-6-3-15(4-7-18)11-16(13-23)22(27)30-14-21(26)24-17-5-8-19-20(12-17)29-10-9-28-19/h3-8,11-12H,9-10,14H2,1-2H3,(H,24,26). The molecule has 0 spiro atoms. The topological polar surface area (TPSA) is 101 Å². The van der Waals surface area contributed by atoms with Gasteiger partial charge >= 0.3 is 5.97 Å². The van der Waals surface area contributed by atoms with E-state index in [-0.39, 0.29) is 5.57 Å². The van der Waals surface area contributed by atoms with Crippen LogP contribution in [0.2, 0.25) is 0 Å². The molecule has 1 aliphatic rings. The number of carbonyl (C=O) groups excluding carboxylic acids is 2. The first-order chi connectivity index (χ1) is 14.5. The van der Waals surface area contributed by atoms with Crippen LogP contribution in [-0.2, 0) is 14.3 Å². The van der Waals surface area contributed by atoms with Crippen molar-refractivity contribution in [2.75, 3.05) is 44.1 Å². The maximum atomic E-state index is 12.2. The third kappa shape index (κ3) is 5.29. The van der Waals surface area contributed by atoms with Crippen LogP contribution in [-0.4, -0.2) is 45.8 Å². The number of carbonyl (C=O) groups is 2. The Bertz CT molecular complexity index is 1010. The largest absolute Gasteiger partial charge is 0.486 e. The summed E-state index contributed by atoms with van der Waals surface area (Å²) in [6.45, 7) is 0.387. The molecule has 1 N–H and O–H groups in total. The molecule has 1 amide bonds. The van der Waals surface area contributed by atoms with Crippen molar-refractivity contribution in [3.63, 3.8) is 0 Å². The number of esters is 1. The lowest BCUT2D eigenvalue weighted by molar-refractivity contribution is -0.142. The normalized spacial score (nSPS) is 12.5. The molecule has 30 heavy (non-hydrogen) atoms. The molecule has 0 saturated heterocycles. The van der Waals surface area contributed by atoms with Gasteiger partial charge in [-0.25, -0.2) is 4.79 Å². The number of nitriles is 1. The highest BCUT2D eigenvalue weighted by Crippen LogP contribution is 2.32. The monoisotopic (exact) mass is 407 g/mol. The molecule has 154 valence electrons. The number of hydrogen-bond acceptors (Lipinski definition) is 7. The predicted octanol–water partition coefficient (Wildman–Crippen LogP) is 2.61. The first-order valence-electron chi connectivity index (χ1n) is 9.22. The van der Waals surface area contributed by atoms with Gasteiger partial charge in [-0.15, -0.1) is 0 Å². The first-order valence-corrected chi connectivity index (χ1v) is 9.22. The molecule has 0 saturated carbocycles. The Hall–Kier alpha value is -3.99. The molecule has 8 heteroatoms. The molecule has 1 heterocycles. The summed E-state index contributed by atoms with van der Waals surface area (Å²) >= 11 is 0. The van der Waals surface area contributed by atoms with Gasteiger partial charge in [0, 0.05) is 31.5 Å². The van der Waals surface area contributed by atoms with Crippen molar-refractivity contribution in [2.45, 2.75) is 0 Å². The Balaban J connectivity index is 1.56. The van der Waals surface area contributed by atoms with E-state index in [2.05, 4.69) is 5.32 Å². The highest BCUT2D eigenvalue weighted by atomic mass is 16.6. The summed E-state index contributed by atoms with van der Waals surface area (Å²) in [5.41, 5.74) is 1.95. The molecule has 2 aromatic rings. The van der Waals surface area contributed by atoms with E-state index in [0.717, 1.165) is 5.69 Å². The average molecular weight is 407 g/mol. The molecular weight excluding hydrogens is 386 g/mol. The van der Waals surface area contributed by atoms with E-state index in [1.54, 1.807) is 30.3 Å². The average Bonchev–Trinajstić information content (AvgIpc) is 2.76. The smallest absolute Gasteiger partial charge is 0.349 e. The number of fused-ring (bicyclic) bond motifs is 1. The fraction of sp³-hybridized carbons (Fsp3) is 0.227. The third-order valence-corrected chi connectivity index (χ3v) is 4.22. The van der Waals surface area contributed by atoms with Crippen molar-refractivity contribution < 1.29 is 23.8 Å². The third-order valence-electron chi connectivity index (χ3n) is 4.22. The predicted molar refractivity (Wildman–Crippen MR) is 111 cm³/mol. The number of amides is 1. The molecule has 3 rings (SSSR count). The van der Waals surface area contributed by atoms with E-state index < -0.39 is 18.5 Å². The van der Waals surface area contributed by atoms with Crippen LogP contribution in [0.1, 0.15) is 5.56 Å². The molecule has 0 unspecified atom stereocenters. The molecule has 0 aliphatic carbocycles. The number of nitrogens with one attached hydrogen (secondary N) is 1. The second kappa shape index (κ2) is 9.47. The first kappa shape index (κ1) is 20.7. The molecule has 0 bridgehead atoms. The van der Waals surface area contributed by atoms with Gasteiger partial charge in [-0.2, -0.15) is 5.26 Å². The fourth-order valence-electron chi connectivity index (χ4n) is 2.70. The van der Waals surface area contributed by atoms with Gasteiger partial charge in [-0.05, 0) is 35.9 Å². The molecule has 2 aromatic carbocycles. The molecule has 0 radical (unpaired) electrons. The van der Waals surface area contributed by atoms with Crippen LogP contribution < -0.4 is 19.7 Å². The number of nitrogens with zero attached hydrogens (tertiary/aromatic N) is 2. The van der Waals surface area contributed by atoms with Crippen LogP contribution in [0, 0.1) is 11.3 Å². The second-order valence-electron chi connectivity index (χ2n) is 6.64. The van der Waals surface area contributed by atoms with Crippen molar-refractivity contribution in [3.05, 3.63) is 53.6 Å². The molecule has 0 atom stereocenters. The van der Waals surface area contributed by atoms with Gasteiger partial charge in [-0.3, -0.25) is 4.79 Å². The Morgan fingerprint density at radius 3 is 2.50 bits per heavy atom. The maximum Gasteiger partial charge on any atom is 0.349 e. The SMILES string of the molecule is CN(C)c1ccc(C=C(C#N)C(=O)OCC(=O)Nc2ccc3c(c2)OCCO3)cc1. The second-order valence-corrected chi connectivity index (χ2v) is 6.64. The number of hydrogen-bond donors (Lipinski definition) is 1. The highest BCUT2D eigenvalue weighted by Gasteiger charge is 2.15. The Morgan fingerprint density at radius 2 is 1.83 bits per heavy atom. The summed E-state index contributed by atoms with van der Waals surface area (Å²) in [6, 6.07) is 14.1. The van der Waals surface area contributed by atoms with E-state index in [4.69, 9.17) is 14.2 Å². The maximum absolute atomic E-state index is 12.2. The summed E-state index contributed by atoms with van der Waals surface area (Å²) in [5.74, 6) is -0.265. The number of rotatable bonds is 6.